The molecule has 5 N–H and O–H groups in total. The number of hydrogen-bond acceptors (Lipinski definition) is 9. The van der Waals surface area contributed by atoms with E-state index in [1.165, 1.54) is 0 Å². The van der Waals surface area contributed by atoms with E-state index in [-0.39, 0.29) is 30.4 Å². The molecule has 2 rings (SSSR count). The number of anilines is 1. The Morgan fingerprint density at radius 2 is 1.96 bits per heavy atom. The predicted molar refractivity (Wildman–Crippen MR) is 93.4 cm³/mol. The minimum Gasteiger partial charge on any atom is -0.464 e. The van der Waals surface area contributed by atoms with E-state index in [1.54, 1.807) is 12.1 Å². The van der Waals surface area contributed by atoms with Gasteiger partial charge in [0.1, 0.15) is 18.8 Å². The van der Waals surface area contributed by atoms with Gasteiger partial charge in [-0.2, -0.15) is 0 Å². The molecule has 1 aromatic heterocycles. The lowest BCUT2D eigenvalue weighted by Crippen LogP contribution is -2.36. The molecule has 1 aromatic carbocycles. The Labute approximate surface area is 155 Å². The number of nitrogens with one attached hydrogen (secondary N) is 1. The third-order valence-corrected chi connectivity index (χ3v) is 3.53. The van der Waals surface area contributed by atoms with E-state index in [1.807, 2.05) is 18.2 Å². The van der Waals surface area contributed by atoms with Crippen molar-refractivity contribution in [1.82, 2.24) is 15.3 Å². The summed E-state index contributed by atoms with van der Waals surface area (Å²) >= 11 is 0. The van der Waals surface area contributed by atoms with E-state index in [2.05, 4.69) is 20.0 Å². The molecule has 0 fully saturated rings. The molecule has 0 spiro atoms. The highest BCUT2D eigenvalue weighted by Gasteiger charge is 2.24. The molecule has 1 heterocycles. The number of hydrogen-bond donors (Lipinski definition) is 4. The predicted octanol–water partition coefficient (Wildman–Crippen LogP) is 0.166. The maximum Gasteiger partial charge on any atom is 0.407 e. The molecule has 27 heavy (non-hydrogen) atoms. The van der Waals surface area contributed by atoms with Gasteiger partial charge >= 0.3 is 12.1 Å². The molecule has 10 heteroatoms. The highest BCUT2D eigenvalue weighted by Crippen LogP contribution is 2.17. The number of esters is 1. The van der Waals surface area contributed by atoms with Gasteiger partial charge in [0.2, 0.25) is 0 Å². The van der Waals surface area contributed by atoms with Gasteiger partial charge in [0, 0.05) is 6.54 Å². The number of benzene rings is 1. The number of aromatic nitrogens is 2. The van der Waals surface area contributed by atoms with E-state index in [0.717, 1.165) is 18.9 Å². The number of aliphatic hydroxyl groups excluding tert-OH is 2. The summed E-state index contributed by atoms with van der Waals surface area (Å²) in [5.41, 5.74) is 5.95. The second kappa shape index (κ2) is 9.46. The summed E-state index contributed by atoms with van der Waals surface area (Å²) in [7, 11) is 1.15. The zero-order valence-corrected chi connectivity index (χ0v) is 14.5. The van der Waals surface area contributed by atoms with Crippen LogP contribution in [0.25, 0.3) is 0 Å². The molecule has 1 amide bonds. The fraction of sp³-hybridized carbons (Fsp3) is 0.294. The van der Waals surface area contributed by atoms with Crippen LogP contribution in [0.2, 0.25) is 0 Å². The minimum atomic E-state index is -1.52. The zero-order valence-electron chi connectivity index (χ0n) is 14.5. The van der Waals surface area contributed by atoms with Crippen LogP contribution in [0, 0.1) is 0 Å². The van der Waals surface area contributed by atoms with E-state index in [9.17, 15) is 19.8 Å². The summed E-state index contributed by atoms with van der Waals surface area (Å²) in [5.74, 6) is -0.999. The second-order valence-corrected chi connectivity index (χ2v) is 5.48. The summed E-state index contributed by atoms with van der Waals surface area (Å²) in [5, 5.41) is 22.5. The van der Waals surface area contributed by atoms with Gasteiger partial charge < -0.3 is 30.7 Å². The number of ether oxygens (including phenoxy) is 2. The molecule has 0 aliphatic heterocycles. The minimum absolute atomic E-state index is 0.0667. The Morgan fingerprint density at radius 1 is 1.26 bits per heavy atom. The number of aliphatic hydroxyl groups is 2. The third kappa shape index (κ3) is 5.62. The first-order chi connectivity index (χ1) is 12.9. The van der Waals surface area contributed by atoms with Crippen molar-refractivity contribution in [3.05, 3.63) is 53.5 Å². The molecule has 0 bridgehead atoms. The topological polar surface area (TPSA) is 157 Å². The lowest BCUT2D eigenvalue weighted by Gasteiger charge is -2.18. The van der Waals surface area contributed by atoms with Crippen molar-refractivity contribution in [3.8, 4) is 0 Å². The van der Waals surface area contributed by atoms with Crippen LogP contribution in [0.4, 0.5) is 10.6 Å². The summed E-state index contributed by atoms with van der Waals surface area (Å²) in [4.78, 5) is 30.8. The largest absolute Gasteiger partial charge is 0.464 e. The van der Waals surface area contributed by atoms with Crippen molar-refractivity contribution < 1.29 is 29.3 Å². The first-order valence-corrected chi connectivity index (χ1v) is 7.93. The van der Waals surface area contributed by atoms with Crippen LogP contribution < -0.4 is 11.1 Å². The molecule has 2 atom stereocenters. The number of methoxy groups -OCH3 is 1. The first kappa shape index (κ1) is 20.1. The lowest BCUT2D eigenvalue weighted by molar-refractivity contribution is 0.0155. The van der Waals surface area contributed by atoms with Gasteiger partial charge in [-0.3, -0.25) is 0 Å². The molecule has 2 aromatic rings. The molecule has 2 unspecified atom stereocenters. The van der Waals surface area contributed by atoms with Crippen LogP contribution in [-0.2, 0) is 16.1 Å². The van der Waals surface area contributed by atoms with Crippen molar-refractivity contribution >= 4 is 17.9 Å². The molecule has 144 valence electrons. The molecule has 0 saturated carbocycles. The number of alkyl carbamates (subject to hydrolysis) is 1. The Hall–Kier alpha value is -3.24. The molecule has 0 aliphatic rings. The van der Waals surface area contributed by atoms with Crippen LogP contribution in [0.5, 0.6) is 0 Å². The molecule has 0 saturated heterocycles. The number of nitrogens with two attached hydrogens (primary N) is 1. The van der Waals surface area contributed by atoms with Gasteiger partial charge in [-0.15, -0.1) is 0 Å². The van der Waals surface area contributed by atoms with Crippen LogP contribution in [0.1, 0.15) is 27.8 Å². The van der Waals surface area contributed by atoms with Gasteiger partial charge in [0.05, 0.1) is 19.0 Å². The van der Waals surface area contributed by atoms with Crippen molar-refractivity contribution in [2.75, 3.05) is 19.4 Å². The highest BCUT2D eigenvalue weighted by molar-refractivity contribution is 5.91. The van der Waals surface area contributed by atoms with Crippen LogP contribution in [-0.4, -0.2) is 52.0 Å². The number of rotatable bonds is 7. The van der Waals surface area contributed by atoms with Gasteiger partial charge in [0.25, 0.3) is 0 Å². The number of carbonyl (C=O) groups is 2. The lowest BCUT2D eigenvalue weighted by atomic mass is 10.1. The standard InChI is InChI=1S/C17H20N4O6/c1-26-16(24)13-15(18)19-7-11(21-13)14(23)12(22)8-20-17(25)27-9-10-5-3-2-4-6-10/h2-7,12,14,22-23H,8-9H2,1H3,(H2,18,19)(H,20,25). The van der Waals surface area contributed by atoms with Crippen molar-refractivity contribution in [1.29, 1.82) is 0 Å². The van der Waals surface area contributed by atoms with Crippen LogP contribution >= 0.6 is 0 Å². The smallest absolute Gasteiger partial charge is 0.407 e. The van der Waals surface area contributed by atoms with Gasteiger partial charge in [-0.05, 0) is 5.56 Å². The Morgan fingerprint density at radius 3 is 2.63 bits per heavy atom. The average Bonchev–Trinajstić information content (AvgIpc) is 2.70. The maximum absolute atomic E-state index is 11.7. The normalized spacial score (nSPS) is 12.7. The fourth-order valence-corrected chi connectivity index (χ4v) is 2.07. The number of nitrogen functional groups attached to an aromatic ring is 1. The number of nitrogens with zero attached hydrogens (tertiary/aromatic N) is 2. The quantitative estimate of drug-likeness (QED) is 0.494. The number of amides is 1. The summed E-state index contributed by atoms with van der Waals surface area (Å²) < 4.78 is 9.51. The van der Waals surface area contributed by atoms with E-state index in [0.29, 0.717) is 0 Å². The third-order valence-electron chi connectivity index (χ3n) is 3.53. The van der Waals surface area contributed by atoms with Crippen LogP contribution in [0.3, 0.4) is 0 Å². The summed E-state index contributed by atoms with van der Waals surface area (Å²) in [6, 6.07) is 9.06. The fourth-order valence-electron chi connectivity index (χ4n) is 2.07. The van der Waals surface area contributed by atoms with Crippen molar-refractivity contribution in [2.24, 2.45) is 0 Å². The van der Waals surface area contributed by atoms with E-state index in [4.69, 9.17) is 10.5 Å². The average molecular weight is 376 g/mol. The first-order valence-electron chi connectivity index (χ1n) is 7.93. The number of carbonyl (C=O) groups excluding carboxylic acids is 2. The molecule has 10 nitrogen and oxygen atoms in total. The van der Waals surface area contributed by atoms with Crippen molar-refractivity contribution in [3.63, 3.8) is 0 Å². The van der Waals surface area contributed by atoms with Crippen LogP contribution in [0.15, 0.2) is 36.5 Å². The SMILES string of the molecule is COC(=O)c1nc(C(O)C(O)CNC(=O)OCc2ccccc2)cnc1N. The summed E-state index contributed by atoms with van der Waals surface area (Å²) in [6.07, 6.45) is -2.58. The van der Waals surface area contributed by atoms with E-state index >= 15 is 0 Å². The Balaban J connectivity index is 1.88. The highest BCUT2D eigenvalue weighted by atomic mass is 16.5. The zero-order chi connectivity index (χ0) is 19.8. The molecule has 0 aliphatic carbocycles. The maximum atomic E-state index is 11.7. The van der Waals surface area contributed by atoms with Gasteiger partial charge in [-0.1, -0.05) is 30.3 Å². The Kier molecular flexibility index (Phi) is 7.03. The molecule has 0 radical (unpaired) electrons. The monoisotopic (exact) mass is 376 g/mol. The summed E-state index contributed by atoms with van der Waals surface area (Å²) in [6.45, 7) is -0.244. The second-order valence-electron chi connectivity index (χ2n) is 5.48. The van der Waals surface area contributed by atoms with Gasteiger partial charge in [-0.25, -0.2) is 19.6 Å². The molecular weight excluding hydrogens is 356 g/mol. The molecular formula is C17H20N4O6. The van der Waals surface area contributed by atoms with Crippen molar-refractivity contribution in [2.45, 2.75) is 18.8 Å². The Bertz CT molecular complexity index is 786. The van der Waals surface area contributed by atoms with Gasteiger partial charge in [0.15, 0.2) is 11.5 Å². The van der Waals surface area contributed by atoms with E-state index < -0.39 is 24.3 Å².